The Kier molecular flexibility index (Phi) is 4.11. The van der Waals surface area contributed by atoms with Crippen molar-refractivity contribution >= 4 is 17.5 Å². The highest BCUT2D eigenvalue weighted by atomic mass is 19.1. The lowest BCUT2D eigenvalue weighted by atomic mass is 10.1. The third kappa shape index (κ3) is 3.01. The molecule has 0 aliphatic heterocycles. The molecule has 1 aromatic heterocycles. The predicted octanol–water partition coefficient (Wildman–Crippen LogP) is 2.97. The number of hydrogen-bond donors (Lipinski definition) is 2. The van der Waals surface area contributed by atoms with Crippen molar-refractivity contribution in [2.75, 3.05) is 17.2 Å². The first kappa shape index (κ1) is 13.7. The summed E-state index contributed by atoms with van der Waals surface area (Å²) in [5.74, 6) is -0.118. The fourth-order valence-corrected chi connectivity index (χ4v) is 1.65. The van der Waals surface area contributed by atoms with E-state index < -0.39 is 5.82 Å². The van der Waals surface area contributed by atoms with Crippen LogP contribution in [0.5, 0.6) is 0 Å². The lowest BCUT2D eigenvalue weighted by Gasteiger charge is -2.11. The van der Waals surface area contributed by atoms with Gasteiger partial charge in [-0.25, -0.2) is 9.37 Å². The van der Waals surface area contributed by atoms with E-state index >= 15 is 0 Å². The highest BCUT2D eigenvalue weighted by molar-refractivity contribution is 5.63. The molecular weight excluding hydrogens is 257 g/mol. The van der Waals surface area contributed by atoms with Crippen LogP contribution in [-0.4, -0.2) is 16.5 Å². The van der Waals surface area contributed by atoms with Crippen LogP contribution < -0.4 is 10.6 Å². The van der Waals surface area contributed by atoms with Crippen molar-refractivity contribution in [1.29, 1.82) is 5.26 Å². The van der Waals surface area contributed by atoms with Gasteiger partial charge in [-0.3, -0.25) is 0 Å². The van der Waals surface area contributed by atoms with E-state index in [1.807, 2.05) is 19.9 Å². The Morgan fingerprint density at radius 2 is 2.20 bits per heavy atom. The summed E-state index contributed by atoms with van der Waals surface area (Å²) in [6.45, 7) is 4.42. The van der Waals surface area contributed by atoms with E-state index in [4.69, 9.17) is 5.26 Å². The van der Waals surface area contributed by atoms with Gasteiger partial charge in [-0.15, -0.1) is 0 Å². The van der Waals surface area contributed by atoms with E-state index in [-0.39, 0.29) is 5.82 Å². The second-order valence-electron chi connectivity index (χ2n) is 4.19. The van der Waals surface area contributed by atoms with Crippen molar-refractivity contribution in [2.24, 2.45) is 0 Å². The number of nitrogens with zero attached hydrogens (tertiary/aromatic N) is 3. The minimum absolute atomic E-state index is 0.0779. The second-order valence-corrected chi connectivity index (χ2v) is 4.19. The number of rotatable bonds is 4. The highest BCUT2D eigenvalue weighted by Gasteiger charge is 2.09. The Bertz CT molecular complexity index is 663. The maximum Gasteiger partial charge on any atom is 0.224 e. The topological polar surface area (TPSA) is 73.6 Å². The molecule has 102 valence electrons. The standard InChI is InChI=1S/C14H14FN5/c1-3-17-14-18-8-11(15)13(20-14)19-12-6-10(7-16)5-4-9(12)2/h4-6,8H,3H2,1-2H3,(H2,17,18,19,20). The molecule has 2 aromatic rings. The van der Waals surface area contributed by atoms with Gasteiger partial charge in [0.1, 0.15) is 0 Å². The summed E-state index contributed by atoms with van der Waals surface area (Å²) in [5, 5.41) is 14.7. The first-order chi connectivity index (χ1) is 9.63. The van der Waals surface area contributed by atoms with E-state index in [1.165, 1.54) is 0 Å². The van der Waals surface area contributed by atoms with Crippen molar-refractivity contribution in [3.63, 3.8) is 0 Å². The minimum atomic E-state index is -0.548. The molecule has 0 saturated carbocycles. The summed E-state index contributed by atoms with van der Waals surface area (Å²) in [6.07, 6.45) is 1.11. The van der Waals surface area contributed by atoms with Gasteiger partial charge in [0.05, 0.1) is 17.8 Å². The van der Waals surface area contributed by atoms with Crippen molar-refractivity contribution in [1.82, 2.24) is 9.97 Å². The summed E-state index contributed by atoms with van der Waals surface area (Å²) in [7, 11) is 0. The fourth-order valence-electron chi connectivity index (χ4n) is 1.65. The Morgan fingerprint density at radius 3 is 2.90 bits per heavy atom. The molecule has 0 aliphatic rings. The van der Waals surface area contributed by atoms with Crippen molar-refractivity contribution in [3.8, 4) is 6.07 Å². The molecule has 1 heterocycles. The van der Waals surface area contributed by atoms with Gasteiger partial charge in [-0.2, -0.15) is 10.2 Å². The van der Waals surface area contributed by atoms with Gasteiger partial charge in [-0.1, -0.05) is 6.07 Å². The largest absolute Gasteiger partial charge is 0.354 e. The summed E-state index contributed by atoms with van der Waals surface area (Å²) in [4.78, 5) is 7.90. The summed E-state index contributed by atoms with van der Waals surface area (Å²) >= 11 is 0. The van der Waals surface area contributed by atoms with Crippen molar-refractivity contribution in [3.05, 3.63) is 41.3 Å². The highest BCUT2D eigenvalue weighted by Crippen LogP contribution is 2.22. The number of nitriles is 1. The molecule has 0 aliphatic carbocycles. The SMILES string of the molecule is CCNc1ncc(F)c(Nc2cc(C#N)ccc2C)n1. The number of aromatic nitrogens is 2. The van der Waals surface area contributed by atoms with Gasteiger partial charge >= 0.3 is 0 Å². The summed E-state index contributed by atoms with van der Waals surface area (Å²) in [5.41, 5.74) is 2.04. The monoisotopic (exact) mass is 271 g/mol. The average molecular weight is 271 g/mol. The van der Waals surface area contributed by atoms with Crippen LogP contribution in [0.4, 0.5) is 21.8 Å². The van der Waals surface area contributed by atoms with E-state index in [0.29, 0.717) is 23.7 Å². The predicted molar refractivity (Wildman–Crippen MR) is 75.3 cm³/mol. The van der Waals surface area contributed by atoms with E-state index in [2.05, 4.69) is 20.6 Å². The molecule has 1 aromatic carbocycles. The number of benzene rings is 1. The lowest BCUT2D eigenvalue weighted by Crippen LogP contribution is -2.06. The quantitative estimate of drug-likeness (QED) is 0.894. The van der Waals surface area contributed by atoms with Gasteiger partial charge < -0.3 is 10.6 Å². The third-order valence-corrected chi connectivity index (χ3v) is 2.70. The Balaban J connectivity index is 2.34. The molecule has 0 amide bonds. The number of nitrogens with one attached hydrogen (secondary N) is 2. The molecule has 0 spiro atoms. The van der Waals surface area contributed by atoms with Crippen LogP contribution in [0.15, 0.2) is 24.4 Å². The number of hydrogen-bond acceptors (Lipinski definition) is 5. The minimum Gasteiger partial charge on any atom is -0.354 e. The number of halogens is 1. The van der Waals surface area contributed by atoms with Gasteiger partial charge in [0.25, 0.3) is 0 Å². The lowest BCUT2D eigenvalue weighted by molar-refractivity contribution is 0.619. The van der Waals surface area contributed by atoms with Crippen LogP contribution in [0.25, 0.3) is 0 Å². The maximum atomic E-state index is 13.7. The van der Waals surface area contributed by atoms with Crippen LogP contribution >= 0.6 is 0 Å². The number of aryl methyl sites for hydroxylation is 1. The van der Waals surface area contributed by atoms with Crippen molar-refractivity contribution < 1.29 is 4.39 Å². The molecule has 0 atom stereocenters. The summed E-state index contributed by atoms with van der Waals surface area (Å²) in [6, 6.07) is 7.21. The molecule has 0 unspecified atom stereocenters. The Labute approximate surface area is 116 Å². The van der Waals surface area contributed by atoms with E-state index in [9.17, 15) is 4.39 Å². The van der Waals surface area contributed by atoms with Crippen LogP contribution in [0, 0.1) is 24.1 Å². The van der Waals surface area contributed by atoms with Gasteiger partial charge in [-0.05, 0) is 31.5 Å². The Hall–Kier alpha value is -2.68. The van der Waals surface area contributed by atoms with E-state index in [0.717, 1.165) is 11.8 Å². The first-order valence-corrected chi connectivity index (χ1v) is 6.18. The maximum absolute atomic E-state index is 13.7. The fraction of sp³-hybridized carbons (Fsp3) is 0.214. The molecule has 20 heavy (non-hydrogen) atoms. The molecule has 0 fully saturated rings. The van der Waals surface area contributed by atoms with Crippen LogP contribution in [0.1, 0.15) is 18.1 Å². The molecule has 6 heteroatoms. The second kappa shape index (κ2) is 5.97. The van der Waals surface area contributed by atoms with Crippen LogP contribution in [0.3, 0.4) is 0 Å². The van der Waals surface area contributed by atoms with Gasteiger partial charge in [0.2, 0.25) is 5.95 Å². The number of anilines is 3. The smallest absolute Gasteiger partial charge is 0.224 e. The first-order valence-electron chi connectivity index (χ1n) is 6.18. The average Bonchev–Trinajstić information content (AvgIpc) is 2.45. The van der Waals surface area contributed by atoms with Gasteiger partial charge in [0, 0.05) is 12.2 Å². The third-order valence-electron chi connectivity index (χ3n) is 2.70. The molecular formula is C14H14FN5. The molecule has 2 N–H and O–H groups in total. The zero-order valence-corrected chi connectivity index (χ0v) is 11.2. The van der Waals surface area contributed by atoms with Gasteiger partial charge in [0.15, 0.2) is 11.6 Å². The molecule has 2 rings (SSSR count). The zero-order chi connectivity index (χ0) is 14.5. The van der Waals surface area contributed by atoms with Crippen LogP contribution in [-0.2, 0) is 0 Å². The Morgan fingerprint density at radius 1 is 1.40 bits per heavy atom. The molecule has 0 bridgehead atoms. The molecule has 5 nitrogen and oxygen atoms in total. The normalized spacial score (nSPS) is 9.90. The van der Waals surface area contributed by atoms with E-state index in [1.54, 1.807) is 18.2 Å². The summed E-state index contributed by atoms with van der Waals surface area (Å²) < 4.78 is 13.7. The van der Waals surface area contributed by atoms with Crippen LogP contribution in [0.2, 0.25) is 0 Å². The molecule has 0 radical (unpaired) electrons. The zero-order valence-electron chi connectivity index (χ0n) is 11.2. The molecule has 0 saturated heterocycles. The van der Waals surface area contributed by atoms with Crippen molar-refractivity contribution in [2.45, 2.75) is 13.8 Å².